The number of anilines is 1. The number of para-hydroxylation sites is 1. The molecule has 0 saturated carbocycles. The van der Waals surface area contributed by atoms with Crippen molar-refractivity contribution < 1.29 is 24.2 Å². The quantitative estimate of drug-likeness (QED) is 0.492. The van der Waals surface area contributed by atoms with Crippen LogP contribution in [0.1, 0.15) is 40.7 Å². The highest BCUT2D eigenvalue weighted by atomic mass is 16.5. The maximum absolute atomic E-state index is 12.7. The van der Waals surface area contributed by atoms with Crippen molar-refractivity contribution in [2.45, 2.75) is 25.3 Å². The standard InChI is InChI=1S/C26H24N2O5/c1-2-22(24(29)27-23-14-8-7-13-20(23)25(30)31)28-26(32)33-15-21-18-11-5-3-9-16(18)17-10-4-6-12-19(17)21/h3-14,21-22H,2,15H2,1H3,(H,27,29)(H,28,32)(H,30,31). The second kappa shape index (κ2) is 9.56. The number of carbonyl (C=O) groups is 3. The lowest BCUT2D eigenvalue weighted by molar-refractivity contribution is -0.118. The zero-order valence-electron chi connectivity index (χ0n) is 18.1. The van der Waals surface area contributed by atoms with Crippen LogP contribution in [0.15, 0.2) is 72.8 Å². The van der Waals surface area contributed by atoms with Gasteiger partial charge in [0.1, 0.15) is 12.6 Å². The van der Waals surface area contributed by atoms with E-state index in [-0.39, 0.29) is 23.8 Å². The van der Waals surface area contributed by atoms with Gasteiger partial charge in [0, 0.05) is 5.92 Å². The lowest BCUT2D eigenvalue weighted by Gasteiger charge is -2.19. The Morgan fingerprint density at radius 2 is 1.48 bits per heavy atom. The van der Waals surface area contributed by atoms with E-state index in [1.807, 2.05) is 36.4 Å². The van der Waals surface area contributed by atoms with Crippen molar-refractivity contribution in [1.82, 2.24) is 5.32 Å². The van der Waals surface area contributed by atoms with Gasteiger partial charge in [0.05, 0.1) is 11.3 Å². The molecule has 0 bridgehead atoms. The number of hydrogen-bond acceptors (Lipinski definition) is 4. The lowest BCUT2D eigenvalue weighted by Crippen LogP contribution is -2.44. The summed E-state index contributed by atoms with van der Waals surface area (Å²) < 4.78 is 5.51. The molecule has 1 atom stereocenters. The fourth-order valence-electron chi connectivity index (χ4n) is 4.13. The molecule has 3 aromatic rings. The summed E-state index contributed by atoms with van der Waals surface area (Å²) in [6.45, 7) is 1.89. The molecule has 7 nitrogen and oxygen atoms in total. The molecule has 33 heavy (non-hydrogen) atoms. The van der Waals surface area contributed by atoms with Crippen molar-refractivity contribution in [3.63, 3.8) is 0 Å². The minimum atomic E-state index is -1.15. The Bertz CT molecular complexity index is 1160. The third kappa shape index (κ3) is 4.57. The molecule has 3 aromatic carbocycles. The molecule has 1 aliphatic rings. The van der Waals surface area contributed by atoms with E-state index in [1.54, 1.807) is 19.1 Å². The van der Waals surface area contributed by atoms with Gasteiger partial charge in [-0.05, 0) is 40.8 Å². The summed E-state index contributed by atoms with van der Waals surface area (Å²) in [4.78, 5) is 36.6. The first-order valence-corrected chi connectivity index (χ1v) is 10.7. The topological polar surface area (TPSA) is 105 Å². The maximum atomic E-state index is 12.7. The van der Waals surface area contributed by atoms with Gasteiger partial charge in [-0.25, -0.2) is 9.59 Å². The van der Waals surface area contributed by atoms with Crippen LogP contribution in [0.5, 0.6) is 0 Å². The molecule has 0 saturated heterocycles. The van der Waals surface area contributed by atoms with Gasteiger partial charge in [0.15, 0.2) is 0 Å². The number of carboxylic acid groups (broad SMARTS) is 1. The summed E-state index contributed by atoms with van der Waals surface area (Å²) in [5.74, 6) is -1.75. The second-order valence-electron chi connectivity index (χ2n) is 7.77. The van der Waals surface area contributed by atoms with E-state index in [0.29, 0.717) is 6.42 Å². The minimum absolute atomic E-state index is 0.0261. The summed E-state index contributed by atoms with van der Waals surface area (Å²) in [6, 6.07) is 21.3. The van der Waals surface area contributed by atoms with Crippen molar-refractivity contribution in [2.24, 2.45) is 0 Å². The lowest BCUT2D eigenvalue weighted by atomic mass is 9.98. The third-order valence-electron chi connectivity index (χ3n) is 5.78. The molecule has 2 amide bonds. The van der Waals surface area contributed by atoms with E-state index in [1.165, 1.54) is 12.1 Å². The predicted octanol–water partition coefficient (Wildman–Crippen LogP) is 4.64. The molecule has 0 aliphatic heterocycles. The summed E-state index contributed by atoms with van der Waals surface area (Å²) in [7, 11) is 0. The minimum Gasteiger partial charge on any atom is -0.478 e. The summed E-state index contributed by atoms with van der Waals surface area (Å²) in [5.41, 5.74) is 4.60. The number of ether oxygens (including phenoxy) is 1. The van der Waals surface area contributed by atoms with Crippen molar-refractivity contribution in [1.29, 1.82) is 0 Å². The van der Waals surface area contributed by atoms with E-state index in [4.69, 9.17) is 4.74 Å². The smallest absolute Gasteiger partial charge is 0.407 e. The average molecular weight is 444 g/mol. The van der Waals surface area contributed by atoms with Crippen LogP contribution in [0, 0.1) is 0 Å². The number of carboxylic acids is 1. The van der Waals surface area contributed by atoms with Crippen LogP contribution in [0.4, 0.5) is 10.5 Å². The Kier molecular flexibility index (Phi) is 6.40. The highest BCUT2D eigenvalue weighted by Gasteiger charge is 2.29. The first-order chi connectivity index (χ1) is 16.0. The number of nitrogens with one attached hydrogen (secondary N) is 2. The van der Waals surface area contributed by atoms with Crippen molar-refractivity contribution in [2.75, 3.05) is 11.9 Å². The van der Waals surface area contributed by atoms with E-state index in [2.05, 4.69) is 22.8 Å². The van der Waals surface area contributed by atoms with E-state index in [0.717, 1.165) is 22.3 Å². The Labute approximate surface area is 191 Å². The summed E-state index contributed by atoms with van der Waals surface area (Å²) >= 11 is 0. The van der Waals surface area contributed by atoms with Gasteiger partial charge in [-0.2, -0.15) is 0 Å². The average Bonchev–Trinajstić information content (AvgIpc) is 3.15. The molecule has 0 fully saturated rings. The van der Waals surface area contributed by atoms with Crippen LogP contribution >= 0.6 is 0 Å². The van der Waals surface area contributed by atoms with Crippen LogP contribution in [0.25, 0.3) is 11.1 Å². The Balaban J connectivity index is 1.40. The van der Waals surface area contributed by atoms with Gasteiger partial charge >= 0.3 is 12.1 Å². The second-order valence-corrected chi connectivity index (χ2v) is 7.77. The normalized spacial score (nSPS) is 12.9. The number of hydrogen-bond donors (Lipinski definition) is 3. The van der Waals surface area contributed by atoms with Gasteiger partial charge in [-0.1, -0.05) is 67.6 Å². The number of fused-ring (bicyclic) bond motifs is 3. The maximum Gasteiger partial charge on any atom is 0.407 e. The number of amides is 2. The van der Waals surface area contributed by atoms with Gasteiger partial charge in [0.25, 0.3) is 0 Å². The zero-order chi connectivity index (χ0) is 23.4. The zero-order valence-corrected chi connectivity index (χ0v) is 18.1. The molecular weight excluding hydrogens is 420 g/mol. The van der Waals surface area contributed by atoms with Crippen LogP contribution in [0.2, 0.25) is 0 Å². The highest BCUT2D eigenvalue weighted by Crippen LogP contribution is 2.44. The molecule has 4 rings (SSSR count). The number of aromatic carboxylic acids is 1. The summed E-state index contributed by atoms with van der Waals surface area (Å²) in [6.07, 6.45) is -0.393. The van der Waals surface area contributed by atoms with Crippen molar-refractivity contribution in [3.05, 3.63) is 89.5 Å². The number of rotatable bonds is 7. The third-order valence-corrected chi connectivity index (χ3v) is 5.78. The Morgan fingerprint density at radius 3 is 2.09 bits per heavy atom. The molecule has 3 N–H and O–H groups in total. The van der Waals surface area contributed by atoms with Crippen LogP contribution in [-0.4, -0.2) is 35.7 Å². The van der Waals surface area contributed by atoms with E-state index >= 15 is 0 Å². The number of alkyl carbamates (subject to hydrolysis) is 1. The van der Waals surface area contributed by atoms with Crippen LogP contribution < -0.4 is 10.6 Å². The first kappa shape index (κ1) is 22.1. The predicted molar refractivity (Wildman–Crippen MR) is 124 cm³/mol. The van der Waals surface area contributed by atoms with Crippen LogP contribution in [-0.2, 0) is 9.53 Å². The SMILES string of the molecule is CCC(NC(=O)OCC1c2ccccc2-c2ccccc21)C(=O)Nc1ccccc1C(=O)O. The molecule has 0 spiro atoms. The van der Waals surface area contributed by atoms with E-state index < -0.39 is 24.0 Å². The molecule has 0 radical (unpaired) electrons. The van der Waals surface area contributed by atoms with Gasteiger partial charge in [-0.3, -0.25) is 4.79 Å². The Morgan fingerprint density at radius 1 is 0.909 bits per heavy atom. The molecule has 1 unspecified atom stereocenters. The fourth-order valence-corrected chi connectivity index (χ4v) is 4.13. The van der Waals surface area contributed by atoms with Gasteiger partial charge < -0.3 is 20.5 Å². The van der Waals surface area contributed by atoms with E-state index in [9.17, 15) is 19.5 Å². The monoisotopic (exact) mass is 444 g/mol. The van der Waals surface area contributed by atoms with Crippen molar-refractivity contribution in [3.8, 4) is 11.1 Å². The fraction of sp³-hybridized carbons (Fsp3) is 0.192. The van der Waals surface area contributed by atoms with Gasteiger partial charge in [0.2, 0.25) is 5.91 Å². The first-order valence-electron chi connectivity index (χ1n) is 10.7. The largest absolute Gasteiger partial charge is 0.478 e. The highest BCUT2D eigenvalue weighted by molar-refractivity contribution is 6.02. The summed E-state index contributed by atoms with van der Waals surface area (Å²) in [5, 5.41) is 14.5. The molecule has 1 aliphatic carbocycles. The van der Waals surface area contributed by atoms with Crippen LogP contribution in [0.3, 0.4) is 0 Å². The van der Waals surface area contributed by atoms with Gasteiger partial charge in [-0.15, -0.1) is 0 Å². The molecule has 168 valence electrons. The molecule has 0 heterocycles. The molecular formula is C26H24N2O5. The molecule has 7 heteroatoms. The Hall–Kier alpha value is -4.13. The molecule has 0 aromatic heterocycles. The van der Waals surface area contributed by atoms with Crippen molar-refractivity contribution >= 4 is 23.7 Å². The number of benzene rings is 3. The number of carbonyl (C=O) groups excluding carboxylic acids is 2.